The first-order valence-corrected chi connectivity index (χ1v) is 9.33. The zero-order chi connectivity index (χ0) is 20.1. The van der Waals surface area contributed by atoms with Crippen LogP contribution in [0.1, 0.15) is 22.6 Å². The summed E-state index contributed by atoms with van der Waals surface area (Å²) in [5.41, 5.74) is 4.56. The van der Waals surface area contributed by atoms with Gasteiger partial charge in [-0.1, -0.05) is 53.2 Å². The van der Waals surface area contributed by atoms with Crippen LogP contribution in [0, 0.1) is 6.92 Å². The summed E-state index contributed by atoms with van der Waals surface area (Å²) in [6.07, 6.45) is 4.13. The maximum absolute atomic E-state index is 12.5. The lowest BCUT2D eigenvalue weighted by Crippen LogP contribution is -2.15. The zero-order valence-corrected chi connectivity index (χ0v) is 16.0. The molecule has 1 N–H and O–H groups in total. The molecule has 0 aliphatic heterocycles. The molecule has 0 unspecified atom stereocenters. The summed E-state index contributed by atoms with van der Waals surface area (Å²) in [5, 5.41) is 7.02. The number of pyridine rings is 1. The van der Waals surface area contributed by atoms with Crippen LogP contribution in [0.5, 0.6) is 0 Å². The highest BCUT2D eigenvalue weighted by molar-refractivity contribution is 5.93. The highest BCUT2D eigenvalue weighted by atomic mass is 16.5. The van der Waals surface area contributed by atoms with Gasteiger partial charge in [0.1, 0.15) is 0 Å². The van der Waals surface area contributed by atoms with Gasteiger partial charge in [0.15, 0.2) is 0 Å². The van der Waals surface area contributed by atoms with Crippen LogP contribution in [-0.4, -0.2) is 21.0 Å². The van der Waals surface area contributed by atoms with Crippen molar-refractivity contribution in [2.75, 3.05) is 5.32 Å². The molecule has 0 saturated carbocycles. The molecular weight excluding hydrogens is 364 g/mol. The summed E-state index contributed by atoms with van der Waals surface area (Å²) < 4.78 is 5.39. The third kappa shape index (κ3) is 4.73. The van der Waals surface area contributed by atoms with E-state index in [-0.39, 0.29) is 5.91 Å². The van der Waals surface area contributed by atoms with E-state index in [0.717, 1.165) is 27.9 Å². The van der Waals surface area contributed by atoms with Crippen molar-refractivity contribution >= 4 is 11.6 Å². The summed E-state index contributed by atoms with van der Waals surface area (Å²) in [7, 11) is 0. The maximum atomic E-state index is 12.5. The molecule has 0 saturated heterocycles. The predicted octanol–water partition coefficient (Wildman–Crippen LogP) is 4.21. The molecular formula is C23H20N4O2. The van der Waals surface area contributed by atoms with E-state index >= 15 is 0 Å². The van der Waals surface area contributed by atoms with Crippen LogP contribution in [0.15, 0.2) is 77.6 Å². The SMILES string of the molecule is Cc1cccc(CC(=O)Nc2ccccc2Cc2nc(-c3cccnc3)no2)c1. The molecule has 0 atom stereocenters. The highest BCUT2D eigenvalue weighted by Gasteiger charge is 2.13. The minimum atomic E-state index is -0.0652. The molecule has 0 spiro atoms. The van der Waals surface area contributed by atoms with Gasteiger partial charge in [0, 0.05) is 23.6 Å². The van der Waals surface area contributed by atoms with Crippen LogP contribution in [0.3, 0.4) is 0 Å². The first kappa shape index (κ1) is 18.6. The van der Waals surface area contributed by atoms with Crippen LogP contribution in [0.2, 0.25) is 0 Å². The molecule has 2 heterocycles. The summed E-state index contributed by atoms with van der Waals surface area (Å²) >= 11 is 0. The van der Waals surface area contributed by atoms with E-state index < -0.39 is 0 Å². The number of benzene rings is 2. The minimum Gasteiger partial charge on any atom is -0.339 e. The van der Waals surface area contributed by atoms with Crippen molar-refractivity contribution in [2.45, 2.75) is 19.8 Å². The van der Waals surface area contributed by atoms with Crippen LogP contribution < -0.4 is 5.32 Å². The van der Waals surface area contributed by atoms with Gasteiger partial charge in [0.25, 0.3) is 0 Å². The van der Waals surface area contributed by atoms with E-state index in [2.05, 4.69) is 20.4 Å². The first-order chi connectivity index (χ1) is 14.2. The van der Waals surface area contributed by atoms with Crippen molar-refractivity contribution in [3.05, 3.63) is 95.6 Å². The number of anilines is 1. The largest absolute Gasteiger partial charge is 0.339 e. The molecule has 4 aromatic rings. The van der Waals surface area contributed by atoms with Gasteiger partial charge >= 0.3 is 0 Å². The molecule has 2 aromatic heterocycles. The van der Waals surface area contributed by atoms with Crippen molar-refractivity contribution in [1.82, 2.24) is 15.1 Å². The van der Waals surface area contributed by atoms with Crippen molar-refractivity contribution in [1.29, 1.82) is 0 Å². The Labute approximate surface area is 168 Å². The lowest BCUT2D eigenvalue weighted by atomic mass is 10.1. The van der Waals surface area contributed by atoms with Crippen LogP contribution >= 0.6 is 0 Å². The molecule has 144 valence electrons. The third-order valence-corrected chi connectivity index (χ3v) is 4.47. The molecule has 4 rings (SSSR count). The lowest BCUT2D eigenvalue weighted by molar-refractivity contribution is -0.115. The van der Waals surface area contributed by atoms with Crippen LogP contribution in [0.4, 0.5) is 5.69 Å². The summed E-state index contributed by atoms with van der Waals surface area (Å²) in [6, 6.07) is 19.3. The van der Waals surface area contributed by atoms with E-state index in [1.165, 1.54) is 0 Å². The van der Waals surface area contributed by atoms with Crippen LogP contribution in [0.25, 0.3) is 11.4 Å². The highest BCUT2D eigenvalue weighted by Crippen LogP contribution is 2.21. The monoisotopic (exact) mass is 384 g/mol. The second kappa shape index (κ2) is 8.48. The van der Waals surface area contributed by atoms with Gasteiger partial charge in [-0.15, -0.1) is 0 Å². The van der Waals surface area contributed by atoms with Crippen molar-refractivity contribution in [2.24, 2.45) is 0 Å². The van der Waals surface area contributed by atoms with Gasteiger partial charge in [-0.25, -0.2) is 0 Å². The number of aromatic nitrogens is 3. The lowest BCUT2D eigenvalue weighted by Gasteiger charge is -2.10. The fraction of sp³-hybridized carbons (Fsp3) is 0.130. The zero-order valence-electron chi connectivity index (χ0n) is 16.0. The van der Waals surface area contributed by atoms with Gasteiger partial charge in [-0.3, -0.25) is 9.78 Å². The predicted molar refractivity (Wildman–Crippen MR) is 110 cm³/mol. The molecule has 6 nitrogen and oxygen atoms in total. The van der Waals surface area contributed by atoms with Gasteiger partial charge in [0.05, 0.1) is 12.8 Å². The van der Waals surface area contributed by atoms with E-state index in [1.54, 1.807) is 12.4 Å². The molecule has 0 aliphatic rings. The van der Waals surface area contributed by atoms with E-state index in [0.29, 0.717) is 24.6 Å². The summed E-state index contributed by atoms with van der Waals surface area (Å²) in [6.45, 7) is 2.01. The van der Waals surface area contributed by atoms with Gasteiger partial charge < -0.3 is 9.84 Å². The average Bonchev–Trinajstić information content (AvgIpc) is 3.19. The molecule has 0 aliphatic carbocycles. The number of carbonyl (C=O) groups excluding carboxylic acids is 1. The second-order valence-corrected chi connectivity index (χ2v) is 6.80. The van der Waals surface area contributed by atoms with Gasteiger partial charge in [-0.05, 0) is 36.2 Å². The van der Waals surface area contributed by atoms with E-state index in [9.17, 15) is 4.79 Å². The first-order valence-electron chi connectivity index (χ1n) is 9.33. The molecule has 6 heteroatoms. The Bertz CT molecular complexity index is 1120. The van der Waals surface area contributed by atoms with E-state index in [1.807, 2.05) is 67.6 Å². The Balaban J connectivity index is 1.47. The standard InChI is InChI=1S/C23H20N4O2/c1-16-6-4-7-17(12-16)13-21(28)25-20-10-3-2-8-18(20)14-22-26-23(27-29-22)19-9-5-11-24-15-19/h2-12,15H,13-14H2,1H3,(H,25,28). The number of carbonyl (C=O) groups is 1. The smallest absolute Gasteiger partial charge is 0.231 e. The number of para-hydroxylation sites is 1. The fourth-order valence-electron chi connectivity index (χ4n) is 3.10. The van der Waals surface area contributed by atoms with E-state index in [4.69, 9.17) is 4.52 Å². The number of hydrogen-bond acceptors (Lipinski definition) is 5. The Morgan fingerprint density at radius 2 is 1.97 bits per heavy atom. The molecule has 0 fully saturated rings. The third-order valence-electron chi connectivity index (χ3n) is 4.47. The molecule has 2 aromatic carbocycles. The number of amides is 1. The quantitative estimate of drug-likeness (QED) is 0.538. The summed E-state index contributed by atoms with van der Waals surface area (Å²) in [5.74, 6) is 0.905. The van der Waals surface area contributed by atoms with Crippen molar-refractivity contribution in [3.8, 4) is 11.4 Å². The normalized spacial score (nSPS) is 10.7. The molecule has 1 amide bonds. The fourth-order valence-corrected chi connectivity index (χ4v) is 3.10. The van der Waals surface area contributed by atoms with Gasteiger partial charge in [0.2, 0.25) is 17.6 Å². The Hall–Kier alpha value is -3.80. The number of nitrogens with one attached hydrogen (secondary N) is 1. The van der Waals surface area contributed by atoms with Crippen molar-refractivity contribution < 1.29 is 9.32 Å². The number of hydrogen-bond donors (Lipinski definition) is 1. The van der Waals surface area contributed by atoms with Gasteiger partial charge in [-0.2, -0.15) is 4.98 Å². The number of rotatable bonds is 6. The Morgan fingerprint density at radius 1 is 1.07 bits per heavy atom. The summed E-state index contributed by atoms with van der Waals surface area (Å²) in [4.78, 5) is 21.0. The number of nitrogens with zero attached hydrogens (tertiary/aromatic N) is 3. The minimum absolute atomic E-state index is 0.0652. The molecule has 0 bridgehead atoms. The van der Waals surface area contributed by atoms with Crippen LogP contribution in [-0.2, 0) is 17.6 Å². The maximum Gasteiger partial charge on any atom is 0.231 e. The number of aryl methyl sites for hydroxylation is 1. The van der Waals surface area contributed by atoms with Crippen molar-refractivity contribution in [3.63, 3.8) is 0 Å². The average molecular weight is 384 g/mol. The Kier molecular flexibility index (Phi) is 5.42. The second-order valence-electron chi connectivity index (χ2n) is 6.80. The topological polar surface area (TPSA) is 80.9 Å². The molecule has 29 heavy (non-hydrogen) atoms. The molecule has 0 radical (unpaired) electrons. The Morgan fingerprint density at radius 3 is 2.79 bits per heavy atom.